The molecule has 1 rings (SSSR count). The van der Waals surface area contributed by atoms with Crippen LogP contribution in [0.15, 0.2) is 18.2 Å². The van der Waals surface area contributed by atoms with E-state index in [1.165, 1.54) is 13.2 Å². The quantitative estimate of drug-likeness (QED) is 0.820. The van der Waals surface area contributed by atoms with Crippen molar-refractivity contribution in [1.29, 1.82) is 0 Å². The summed E-state index contributed by atoms with van der Waals surface area (Å²) in [6, 6.07) is 4.29. The van der Waals surface area contributed by atoms with Crippen molar-refractivity contribution in [2.75, 3.05) is 7.11 Å². The normalized spacial score (nSPS) is 14.1. The van der Waals surface area contributed by atoms with E-state index >= 15 is 0 Å². The van der Waals surface area contributed by atoms with E-state index in [2.05, 4.69) is 5.32 Å². The van der Waals surface area contributed by atoms with Gasteiger partial charge in [-0.05, 0) is 37.5 Å². The first-order valence-corrected chi connectivity index (χ1v) is 6.09. The van der Waals surface area contributed by atoms with Crippen molar-refractivity contribution in [2.45, 2.75) is 39.3 Å². The third-order valence-corrected chi connectivity index (χ3v) is 3.02. The highest BCUT2D eigenvalue weighted by atomic mass is 19.1. The van der Waals surface area contributed by atoms with Crippen LogP contribution in [-0.2, 0) is 9.53 Å². The Balaban J connectivity index is 3.01. The van der Waals surface area contributed by atoms with Crippen LogP contribution in [0.3, 0.4) is 0 Å². The number of benzene rings is 1. The Morgan fingerprint density at radius 2 is 2.17 bits per heavy atom. The zero-order valence-electron chi connectivity index (χ0n) is 11.3. The maximum atomic E-state index is 13.2. The average Bonchev–Trinajstić information content (AvgIpc) is 2.38. The van der Waals surface area contributed by atoms with Crippen LogP contribution in [0, 0.1) is 12.7 Å². The lowest BCUT2D eigenvalue weighted by molar-refractivity contribution is -0.143. The summed E-state index contributed by atoms with van der Waals surface area (Å²) in [7, 11) is 1.35. The summed E-state index contributed by atoms with van der Waals surface area (Å²) in [4.78, 5) is 11.8. The maximum Gasteiger partial charge on any atom is 0.327 e. The Morgan fingerprint density at radius 3 is 2.67 bits per heavy atom. The van der Waals surface area contributed by atoms with Gasteiger partial charge in [-0.15, -0.1) is 0 Å². The van der Waals surface area contributed by atoms with Crippen LogP contribution in [0.5, 0.6) is 0 Å². The van der Waals surface area contributed by atoms with E-state index in [0.29, 0.717) is 5.56 Å². The van der Waals surface area contributed by atoms with Crippen molar-refractivity contribution < 1.29 is 13.9 Å². The van der Waals surface area contributed by atoms with Crippen molar-refractivity contribution >= 4 is 5.97 Å². The third-order valence-electron chi connectivity index (χ3n) is 3.02. The van der Waals surface area contributed by atoms with Gasteiger partial charge in [0.25, 0.3) is 0 Å². The average molecular weight is 253 g/mol. The molecule has 1 aromatic carbocycles. The molecule has 1 aromatic rings. The molecule has 0 heterocycles. The maximum absolute atomic E-state index is 13.2. The van der Waals surface area contributed by atoms with Gasteiger partial charge in [-0.25, -0.2) is 9.18 Å². The standard InChI is InChI=1S/C14H20FNO2/c1-5-10(3)16-13(14(17)18-4)11-6-7-12(15)9(2)8-11/h6-8,10,13,16H,5H2,1-4H3. The van der Waals surface area contributed by atoms with Gasteiger partial charge in [0, 0.05) is 6.04 Å². The zero-order chi connectivity index (χ0) is 13.7. The molecule has 0 spiro atoms. The second-order valence-electron chi connectivity index (χ2n) is 4.44. The minimum atomic E-state index is -0.552. The highest BCUT2D eigenvalue weighted by Gasteiger charge is 2.23. The molecule has 0 amide bonds. The molecule has 2 atom stereocenters. The number of carbonyl (C=O) groups is 1. The fourth-order valence-electron chi connectivity index (χ4n) is 1.67. The minimum Gasteiger partial charge on any atom is -0.468 e. The molecule has 0 fully saturated rings. The molecule has 0 radical (unpaired) electrons. The predicted octanol–water partition coefficient (Wildman–Crippen LogP) is 2.74. The monoisotopic (exact) mass is 253 g/mol. The Kier molecular flexibility index (Phi) is 5.28. The second-order valence-corrected chi connectivity index (χ2v) is 4.44. The molecule has 0 bridgehead atoms. The number of aryl methyl sites for hydroxylation is 1. The molecule has 4 heteroatoms. The van der Waals surface area contributed by atoms with Crippen LogP contribution in [0.1, 0.15) is 37.4 Å². The highest BCUT2D eigenvalue weighted by molar-refractivity contribution is 5.77. The SMILES string of the molecule is CCC(C)NC(C(=O)OC)c1ccc(F)c(C)c1. The predicted molar refractivity (Wildman–Crippen MR) is 68.8 cm³/mol. The molecule has 0 saturated carbocycles. The first kappa shape index (κ1) is 14.6. The minimum absolute atomic E-state index is 0.180. The first-order chi connectivity index (χ1) is 8.49. The van der Waals surface area contributed by atoms with E-state index < -0.39 is 6.04 Å². The van der Waals surface area contributed by atoms with Gasteiger partial charge in [-0.2, -0.15) is 0 Å². The van der Waals surface area contributed by atoms with Gasteiger partial charge in [0.2, 0.25) is 0 Å². The molecule has 1 N–H and O–H groups in total. The summed E-state index contributed by atoms with van der Waals surface area (Å²) < 4.78 is 18.0. The van der Waals surface area contributed by atoms with Crippen LogP contribution in [0.25, 0.3) is 0 Å². The van der Waals surface area contributed by atoms with Crippen molar-refractivity contribution in [3.63, 3.8) is 0 Å². The van der Waals surface area contributed by atoms with Crippen molar-refractivity contribution in [3.8, 4) is 0 Å². The zero-order valence-corrected chi connectivity index (χ0v) is 11.3. The van der Waals surface area contributed by atoms with E-state index in [-0.39, 0.29) is 17.8 Å². The topological polar surface area (TPSA) is 38.3 Å². The van der Waals surface area contributed by atoms with Gasteiger partial charge in [0.05, 0.1) is 7.11 Å². The van der Waals surface area contributed by atoms with Crippen molar-refractivity contribution in [1.82, 2.24) is 5.32 Å². The Hall–Kier alpha value is -1.42. The summed E-state index contributed by atoms with van der Waals surface area (Å²) in [5, 5.41) is 3.18. The Labute approximate surface area is 107 Å². The molecule has 3 nitrogen and oxygen atoms in total. The van der Waals surface area contributed by atoms with Gasteiger partial charge in [-0.3, -0.25) is 5.32 Å². The molecule has 0 saturated heterocycles. The lowest BCUT2D eigenvalue weighted by Crippen LogP contribution is -2.35. The Bertz CT molecular complexity index is 420. The third kappa shape index (κ3) is 3.53. The van der Waals surface area contributed by atoms with Crippen LogP contribution in [0.2, 0.25) is 0 Å². The van der Waals surface area contributed by atoms with Gasteiger partial charge >= 0.3 is 5.97 Å². The molecule has 2 unspecified atom stereocenters. The van der Waals surface area contributed by atoms with Gasteiger partial charge in [-0.1, -0.05) is 19.1 Å². The molecule has 0 aliphatic rings. The molecule has 0 aromatic heterocycles. The number of rotatable bonds is 5. The first-order valence-electron chi connectivity index (χ1n) is 6.09. The number of ether oxygens (including phenoxy) is 1. The number of carbonyl (C=O) groups excluding carboxylic acids is 1. The lowest BCUT2D eigenvalue weighted by Gasteiger charge is -2.21. The fraction of sp³-hybridized carbons (Fsp3) is 0.500. The molecule has 0 aliphatic heterocycles. The molecule has 18 heavy (non-hydrogen) atoms. The van der Waals surface area contributed by atoms with Crippen LogP contribution in [-0.4, -0.2) is 19.1 Å². The Morgan fingerprint density at radius 1 is 1.50 bits per heavy atom. The number of hydrogen-bond donors (Lipinski definition) is 1. The van der Waals surface area contributed by atoms with Crippen LogP contribution in [0.4, 0.5) is 4.39 Å². The van der Waals surface area contributed by atoms with Gasteiger partial charge in [0.1, 0.15) is 11.9 Å². The molecule has 100 valence electrons. The molecular formula is C14H20FNO2. The number of methoxy groups -OCH3 is 1. The molecule has 0 aliphatic carbocycles. The lowest BCUT2D eigenvalue weighted by atomic mass is 10.0. The summed E-state index contributed by atoms with van der Waals surface area (Å²) in [6.07, 6.45) is 0.896. The van der Waals surface area contributed by atoms with E-state index in [0.717, 1.165) is 12.0 Å². The molecular weight excluding hydrogens is 233 g/mol. The number of esters is 1. The second kappa shape index (κ2) is 6.50. The fourth-order valence-corrected chi connectivity index (χ4v) is 1.67. The number of nitrogens with one attached hydrogen (secondary N) is 1. The van der Waals surface area contributed by atoms with E-state index in [4.69, 9.17) is 4.74 Å². The largest absolute Gasteiger partial charge is 0.468 e. The van der Waals surface area contributed by atoms with E-state index in [1.54, 1.807) is 19.1 Å². The van der Waals surface area contributed by atoms with Crippen LogP contribution >= 0.6 is 0 Å². The number of halogens is 1. The summed E-state index contributed by atoms with van der Waals surface area (Å²) in [5.74, 6) is -0.632. The smallest absolute Gasteiger partial charge is 0.327 e. The van der Waals surface area contributed by atoms with Crippen molar-refractivity contribution in [2.24, 2.45) is 0 Å². The summed E-state index contributed by atoms with van der Waals surface area (Å²) >= 11 is 0. The number of hydrogen-bond acceptors (Lipinski definition) is 3. The van der Waals surface area contributed by atoms with Crippen molar-refractivity contribution in [3.05, 3.63) is 35.1 Å². The summed E-state index contributed by atoms with van der Waals surface area (Å²) in [6.45, 7) is 5.70. The highest BCUT2D eigenvalue weighted by Crippen LogP contribution is 2.19. The van der Waals surface area contributed by atoms with Crippen LogP contribution < -0.4 is 5.32 Å². The summed E-state index contributed by atoms with van der Waals surface area (Å²) in [5.41, 5.74) is 1.24. The van der Waals surface area contributed by atoms with Gasteiger partial charge in [0.15, 0.2) is 0 Å². The van der Waals surface area contributed by atoms with E-state index in [9.17, 15) is 9.18 Å². The van der Waals surface area contributed by atoms with Gasteiger partial charge < -0.3 is 4.74 Å². The van der Waals surface area contributed by atoms with E-state index in [1.807, 2.05) is 13.8 Å².